The van der Waals surface area contributed by atoms with Gasteiger partial charge in [0.1, 0.15) is 11.5 Å². The first-order chi connectivity index (χ1) is 14.8. The topological polar surface area (TPSA) is 49.4 Å². The van der Waals surface area contributed by atoms with Gasteiger partial charge in [-0.15, -0.1) is 0 Å². The third-order valence-electron chi connectivity index (χ3n) is 5.25. The molecule has 3 aromatic carbocycles. The smallest absolute Gasteiger partial charge is 0.282 e. The number of nitrogens with zero attached hydrogens (tertiary/aromatic N) is 1. The summed E-state index contributed by atoms with van der Waals surface area (Å²) in [4.78, 5) is 27.8. The summed E-state index contributed by atoms with van der Waals surface area (Å²) in [5, 5.41) is 3.14. The second kappa shape index (κ2) is 7.84. The minimum Gasteiger partial charge on any atom is -0.350 e. The molecule has 31 heavy (non-hydrogen) atoms. The Morgan fingerprint density at radius 1 is 0.774 bits per heavy atom. The van der Waals surface area contributed by atoms with Crippen LogP contribution in [0.5, 0.6) is 0 Å². The van der Waals surface area contributed by atoms with Crippen LogP contribution in [0.4, 0.5) is 15.8 Å². The predicted molar refractivity (Wildman–Crippen MR) is 121 cm³/mol. The number of carbonyl (C=O) groups excluding carboxylic acids is 2. The molecular formula is C26H23FN2O2. The van der Waals surface area contributed by atoms with Crippen molar-refractivity contribution >= 4 is 28.8 Å². The van der Waals surface area contributed by atoms with E-state index in [2.05, 4.69) is 26.1 Å². The van der Waals surface area contributed by atoms with E-state index in [4.69, 9.17) is 0 Å². The molecule has 0 aliphatic carbocycles. The van der Waals surface area contributed by atoms with Crippen molar-refractivity contribution in [2.24, 2.45) is 0 Å². The van der Waals surface area contributed by atoms with Gasteiger partial charge in [0.05, 0.1) is 11.3 Å². The maximum Gasteiger partial charge on any atom is 0.282 e. The van der Waals surface area contributed by atoms with Gasteiger partial charge in [0.2, 0.25) is 0 Å². The maximum absolute atomic E-state index is 13.5. The minimum absolute atomic E-state index is 0.000320. The fraction of sp³-hybridized carbons (Fsp3) is 0.154. The molecule has 0 radical (unpaired) electrons. The van der Waals surface area contributed by atoms with Gasteiger partial charge in [-0.25, -0.2) is 9.29 Å². The predicted octanol–water partition coefficient (Wildman–Crippen LogP) is 5.52. The van der Waals surface area contributed by atoms with Crippen molar-refractivity contribution in [2.45, 2.75) is 26.2 Å². The van der Waals surface area contributed by atoms with Crippen molar-refractivity contribution in [3.8, 4) is 0 Å². The lowest BCUT2D eigenvalue weighted by Gasteiger charge is -2.19. The van der Waals surface area contributed by atoms with E-state index >= 15 is 0 Å². The van der Waals surface area contributed by atoms with E-state index < -0.39 is 17.6 Å². The number of anilines is 2. The Morgan fingerprint density at radius 2 is 1.39 bits per heavy atom. The zero-order chi connectivity index (χ0) is 22.2. The molecule has 4 rings (SSSR count). The van der Waals surface area contributed by atoms with E-state index in [-0.39, 0.29) is 16.7 Å². The van der Waals surface area contributed by atoms with Gasteiger partial charge in [0.25, 0.3) is 11.8 Å². The van der Waals surface area contributed by atoms with Gasteiger partial charge < -0.3 is 5.32 Å². The first kappa shape index (κ1) is 20.5. The van der Waals surface area contributed by atoms with Crippen LogP contribution in [-0.2, 0) is 15.0 Å². The molecule has 1 N–H and O–H groups in total. The summed E-state index contributed by atoms with van der Waals surface area (Å²) in [5.74, 6) is -1.31. The summed E-state index contributed by atoms with van der Waals surface area (Å²) in [6.07, 6.45) is 0. The van der Waals surface area contributed by atoms with E-state index in [9.17, 15) is 14.0 Å². The lowest BCUT2D eigenvalue weighted by atomic mass is 9.87. The number of nitrogens with one attached hydrogen (secondary N) is 1. The summed E-state index contributed by atoms with van der Waals surface area (Å²) in [5.41, 5.74) is 3.20. The summed E-state index contributed by atoms with van der Waals surface area (Å²) >= 11 is 0. The third-order valence-corrected chi connectivity index (χ3v) is 5.25. The molecule has 1 aliphatic rings. The van der Waals surface area contributed by atoms with Crippen LogP contribution in [0.15, 0.2) is 84.6 Å². The van der Waals surface area contributed by atoms with Gasteiger partial charge >= 0.3 is 0 Å². The summed E-state index contributed by atoms with van der Waals surface area (Å²) in [6, 6.07) is 22.1. The zero-order valence-corrected chi connectivity index (χ0v) is 17.6. The lowest BCUT2D eigenvalue weighted by molar-refractivity contribution is -0.120. The average Bonchev–Trinajstić information content (AvgIpc) is 2.99. The monoisotopic (exact) mass is 414 g/mol. The van der Waals surface area contributed by atoms with Crippen molar-refractivity contribution < 1.29 is 14.0 Å². The number of amides is 2. The number of benzene rings is 3. The minimum atomic E-state index is -0.449. The molecule has 2 amide bonds. The summed E-state index contributed by atoms with van der Waals surface area (Å²) < 4.78 is 13.5. The number of carbonyl (C=O) groups is 2. The molecule has 0 saturated carbocycles. The standard InChI is InChI=1S/C26H23FN2O2/c1-26(2,3)18-11-15-20(16-12-18)28-23-22(17-9-13-19(27)14-10-17)24(30)29(25(23)31)21-7-5-4-6-8-21/h4-16,28H,1-3H3. The Hall–Kier alpha value is -3.73. The second-order valence-electron chi connectivity index (χ2n) is 8.49. The van der Waals surface area contributed by atoms with Crippen LogP contribution in [0.25, 0.3) is 5.57 Å². The molecule has 1 aliphatic heterocycles. The SMILES string of the molecule is CC(C)(C)c1ccc(NC2=C(c3ccc(F)cc3)C(=O)N(c3ccccc3)C2=O)cc1. The fourth-order valence-corrected chi connectivity index (χ4v) is 3.54. The molecule has 156 valence electrons. The number of imide groups is 1. The highest BCUT2D eigenvalue weighted by atomic mass is 19.1. The van der Waals surface area contributed by atoms with Crippen LogP contribution in [-0.4, -0.2) is 11.8 Å². The van der Waals surface area contributed by atoms with Crippen LogP contribution in [0.3, 0.4) is 0 Å². The molecule has 0 atom stereocenters. The third kappa shape index (κ3) is 3.99. The van der Waals surface area contributed by atoms with Crippen LogP contribution in [0, 0.1) is 5.82 Å². The van der Waals surface area contributed by atoms with Crippen LogP contribution >= 0.6 is 0 Å². The first-order valence-corrected chi connectivity index (χ1v) is 10.1. The Balaban J connectivity index is 1.77. The summed E-state index contributed by atoms with van der Waals surface area (Å²) in [7, 11) is 0. The number of hydrogen-bond donors (Lipinski definition) is 1. The molecule has 1 heterocycles. The molecular weight excluding hydrogens is 391 g/mol. The Labute approximate surface area is 181 Å². The number of para-hydroxylation sites is 1. The molecule has 0 spiro atoms. The summed E-state index contributed by atoms with van der Waals surface area (Å²) in [6.45, 7) is 6.38. The highest BCUT2D eigenvalue weighted by molar-refractivity contribution is 6.46. The maximum atomic E-state index is 13.5. The first-order valence-electron chi connectivity index (χ1n) is 10.1. The van der Waals surface area contributed by atoms with Gasteiger partial charge in [-0.05, 0) is 52.9 Å². The van der Waals surface area contributed by atoms with Gasteiger partial charge in [-0.3, -0.25) is 9.59 Å². The van der Waals surface area contributed by atoms with E-state index in [0.29, 0.717) is 16.9 Å². The Kier molecular flexibility index (Phi) is 5.19. The van der Waals surface area contributed by atoms with E-state index in [1.54, 1.807) is 24.3 Å². The van der Waals surface area contributed by atoms with Crippen molar-refractivity contribution in [3.63, 3.8) is 0 Å². The molecule has 0 unspecified atom stereocenters. The molecule has 0 saturated heterocycles. The quantitative estimate of drug-likeness (QED) is 0.572. The molecule has 0 bridgehead atoms. The van der Waals surface area contributed by atoms with Crippen molar-refractivity contribution in [3.05, 3.63) is 102 Å². The van der Waals surface area contributed by atoms with Gasteiger partial charge in [-0.2, -0.15) is 0 Å². The number of halogens is 1. The molecule has 5 heteroatoms. The normalized spacial score (nSPS) is 14.4. The van der Waals surface area contributed by atoms with Gasteiger partial charge in [0, 0.05) is 5.69 Å². The average molecular weight is 414 g/mol. The van der Waals surface area contributed by atoms with Crippen LogP contribution in [0.2, 0.25) is 0 Å². The Bertz CT molecular complexity index is 1160. The second-order valence-corrected chi connectivity index (χ2v) is 8.49. The van der Waals surface area contributed by atoms with Crippen LogP contribution < -0.4 is 10.2 Å². The molecule has 0 aromatic heterocycles. The van der Waals surface area contributed by atoms with Gasteiger partial charge in [-0.1, -0.05) is 63.2 Å². The van der Waals surface area contributed by atoms with Gasteiger partial charge in [0.15, 0.2) is 0 Å². The van der Waals surface area contributed by atoms with Crippen LogP contribution in [0.1, 0.15) is 31.9 Å². The lowest BCUT2D eigenvalue weighted by Crippen LogP contribution is -2.32. The molecule has 3 aromatic rings. The number of hydrogen-bond acceptors (Lipinski definition) is 3. The fourth-order valence-electron chi connectivity index (χ4n) is 3.54. The molecule has 0 fully saturated rings. The number of rotatable bonds is 4. The largest absolute Gasteiger partial charge is 0.350 e. The van der Waals surface area contributed by atoms with Crippen molar-refractivity contribution in [1.82, 2.24) is 0 Å². The van der Waals surface area contributed by atoms with E-state index in [0.717, 1.165) is 10.5 Å². The molecule has 4 nitrogen and oxygen atoms in total. The van der Waals surface area contributed by atoms with E-state index in [1.807, 2.05) is 30.3 Å². The highest BCUT2D eigenvalue weighted by Crippen LogP contribution is 2.34. The zero-order valence-electron chi connectivity index (χ0n) is 17.6. The Morgan fingerprint density at radius 3 is 1.97 bits per heavy atom. The van der Waals surface area contributed by atoms with Crippen molar-refractivity contribution in [2.75, 3.05) is 10.2 Å². The highest BCUT2D eigenvalue weighted by Gasteiger charge is 2.40. The van der Waals surface area contributed by atoms with Crippen molar-refractivity contribution in [1.29, 1.82) is 0 Å². The van der Waals surface area contributed by atoms with E-state index in [1.165, 1.54) is 24.3 Å².